The number of ether oxygens (including phenoxy) is 1. The Kier molecular flexibility index (Phi) is 7.54. The normalized spacial score (nSPS) is 14.8. The zero-order chi connectivity index (χ0) is 25.0. The van der Waals surface area contributed by atoms with E-state index in [1.54, 1.807) is 16.7 Å². The molecule has 0 saturated carbocycles. The molecule has 0 radical (unpaired) electrons. The molecule has 0 bridgehead atoms. The first kappa shape index (κ1) is 24.9. The number of anilines is 1. The number of aryl methyl sites for hydroxylation is 2. The molecule has 0 unspecified atom stereocenters. The summed E-state index contributed by atoms with van der Waals surface area (Å²) in [6.45, 7) is 5.71. The number of benzene rings is 1. The van der Waals surface area contributed by atoms with Crippen molar-refractivity contribution in [2.75, 3.05) is 24.2 Å². The van der Waals surface area contributed by atoms with Gasteiger partial charge in [-0.25, -0.2) is 18.4 Å². The van der Waals surface area contributed by atoms with Crippen molar-refractivity contribution in [1.29, 1.82) is 0 Å². The smallest absolute Gasteiger partial charge is 0.259 e. The first-order chi connectivity index (χ1) is 16.8. The molecular formula is C26H32N4O4S. The summed E-state index contributed by atoms with van der Waals surface area (Å²) in [7, 11) is -3.30. The molecule has 1 aromatic carbocycles. The third-order valence-electron chi connectivity index (χ3n) is 6.23. The topological polar surface area (TPSA) is 94.4 Å². The third-order valence-corrected chi connectivity index (χ3v) is 7.35. The number of piperidine rings is 1. The van der Waals surface area contributed by atoms with Gasteiger partial charge >= 0.3 is 0 Å². The van der Waals surface area contributed by atoms with Gasteiger partial charge in [0.25, 0.3) is 5.56 Å². The molecule has 0 spiro atoms. The summed E-state index contributed by atoms with van der Waals surface area (Å²) in [6, 6.07) is 9.76. The van der Waals surface area contributed by atoms with E-state index in [2.05, 4.69) is 21.8 Å². The maximum Gasteiger partial charge on any atom is 0.259 e. The van der Waals surface area contributed by atoms with Crippen LogP contribution in [0.1, 0.15) is 44.4 Å². The van der Waals surface area contributed by atoms with Crippen LogP contribution in [0.15, 0.2) is 58.5 Å². The number of aromatic nitrogens is 3. The minimum absolute atomic E-state index is 0.0135. The Bertz CT molecular complexity index is 1310. The van der Waals surface area contributed by atoms with Crippen LogP contribution in [0.2, 0.25) is 0 Å². The van der Waals surface area contributed by atoms with Crippen LogP contribution in [0.4, 0.5) is 5.95 Å². The van der Waals surface area contributed by atoms with Crippen LogP contribution < -0.4 is 15.2 Å². The molecule has 1 aliphatic rings. The average Bonchev–Trinajstić information content (AvgIpc) is 2.84. The van der Waals surface area contributed by atoms with Gasteiger partial charge in [-0.2, -0.15) is 0 Å². The fourth-order valence-corrected chi connectivity index (χ4v) is 4.99. The number of rotatable bonds is 8. The first-order valence-corrected chi connectivity index (χ1v) is 14.0. The van der Waals surface area contributed by atoms with E-state index in [4.69, 9.17) is 4.74 Å². The molecule has 3 aromatic rings. The second kappa shape index (κ2) is 10.6. The molecule has 0 amide bonds. The van der Waals surface area contributed by atoms with E-state index in [-0.39, 0.29) is 16.6 Å². The summed E-state index contributed by atoms with van der Waals surface area (Å²) >= 11 is 0. The highest BCUT2D eigenvalue weighted by atomic mass is 32.2. The lowest BCUT2D eigenvalue weighted by atomic mass is 10.1. The Labute approximate surface area is 206 Å². The molecule has 0 aliphatic carbocycles. The SMILES string of the molecule is CCCc1cnc(N2CCC(Oc3cc(CC)n(-c4ccc(S(C)(=O)=O)cc4)c(=O)c3)CC2)nc1. The molecule has 0 atom stereocenters. The van der Waals surface area contributed by atoms with Gasteiger partial charge in [0, 0.05) is 68.1 Å². The van der Waals surface area contributed by atoms with Crippen molar-refractivity contribution < 1.29 is 13.2 Å². The maximum absolute atomic E-state index is 13.0. The van der Waals surface area contributed by atoms with Gasteiger partial charge in [-0.1, -0.05) is 20.3 Å². The quantitative estimate of drug-likeness (QED) is 0.470. The zero-order valence-electron chi connectivity index (χ0n) is 20.5. The molecule has 3 heterocycles. The highest BCUT2D eigenvalue weighted by molar-refractivity contribution is 7.90. The van der Waals surface area contributed by atoms with Crippen molar-refractivity contribution in [3.05, 3.63) is 70.4 Å². The van der Waals surface area contributed by atoms with E-state index < -0.39 is 9.84 Å². The number of nitrogens with zero attached hydrogens (tertiary/aromatic N) is 4. The van der Waals surface area contributed by atoms with E-state index in [9.17, 15) is 13.2 Å². The number of sulfone groups is 1. The van der Waals surface area contributed by atoms with Gasteiger partial charge in [-0.15, -0.1) is 0 Å². The van der Waals surface area contributed by atoms with Crippen molar-refractivity contribution in [3.8, 4) is 11.4 Å². The highest BCUT2D eigenvalue weighted by Crippen LogP contribution is 2.23. The van der Waals surface area contributed by atoms with Gasteiger partial charge in [0.05, 0.1) is 4.90 Å². The maximum atomic E-state index is 13.0. The predicted molar refractivity (Wildman–Crippen MR) is 136 cm³/mol. The Morgan fingerprint density at radius 2 is 1.69 bits per heavy atom. The molecule has 2 aromatic heterocycles. The zero-order valence-corrected chi connectivity index (χ0v) is 21.3. The van der Waals surface area contributed by atoms with Crippen molar-refractivity contribution in [2.45, 2.75) is 57.0 Å². The van der Waals surface area contributed by atoms with Crippen molar-refractivity contribution >= 4 is 15.8 Å². The Balaban J connectivity index is 1.44. The molecule has 1 fully saturated rings. The van der Waals surface area contributed by atoms with Crippen LogP contribution in [0, 0.1) is 0 Å². The lowest BCUT2D eigenvalue weighted by molar-refractivity contribution is 0.170. The summed E-state index contributed by atoms with van der Waals surface area (Å²) in [5, 5.41) is 0. The molecule has 35 heavy (non-hydrogen) atoms. The summed E-state index contributed by atoms with van der Waals surface area (Å²) in [5.41, 5.74) is 2.38. The molecule has 186 valence electrons. The molecule has 1 saturated heterocycles. The molecular weight excluding hydrogens is 464 g/mol. The van der Waals surface area contributed by atoms with Crippen LogP contribution in [0.3, 0.4) is 0 Å². The largest absolute Gasteiger partial charge is 0.490 e. The Morgan fingerprint density at radius 3 is 2.26 bits per heavy atom. The van der Waals surface area contributed by atoms with Crippen LogP contribution in [0.5, 0.6) is 5.75 Å². The summed E-state index contributed by atoms with van der Waals surface area (Å²) in [6.07, 6.45) is 9.32. The highest BCUT2D eigenvalue weighted by Gasteiger charge is 2.23. The van der Waals surface area contributed by atoms with Gasteiger partial charge in [-0.05, 0) is 42.7 Å². The van der Waals surface area contributed by atoms with E-state index in [0.717, 1.165) is 56.0 Å². The summed E-state index contributed by atoms with van der Waals surface area (Å²) in [4.78, 5) is 24.4. The fraction of sp³-hybridized carbons (Fsp3) is 0.423. The minimum atomic E-state index is -3.30. The van der Waals surface area contributed by atoms with Crippen LogP contribution in [-0.4, -0.2) is 48.4 Å². The van der Waals surface area contributed by atoms with Gasteiger partial charge < -0.3 is 9.64 Å². The molecule has 9 heteroatoms. The Morgan fingerprint density at radius 1 is 1.03 bits per heavy atom. The molecule has 4 rings (SSSR count). The summed E-state index contributed by atoms with van der Waals surface area (Å²) < 4.78 is 31.3. The monoisotopic (exact) mass is 496 g/mol. The minimum Gasteiger partial charge on any atom is -0.490 e. The fourth-order valence-electron chi connectivity index (χ4n) is 4.36. The van der Waals surface area contributed by atoms with Crippen LogP contribution in [-0.2, 0) is 22.7 Å². The van der Waals surface area contributed by atoms with Crippen molar-refractivity contribution in [3.63, 3.8) is 0 Å². The van der Waals surface area contributed by atoms with Crippen LogP contribution in [0.25, 0.3) is 5.69 Å². The number of hydrogen-bond donors (Lipinski definition) is 0. The van der Waals surface area contributed by atoms with Gasteiger partial charge in [0.15, 0.2) is 9.84 Å². The van der Waals surface area contributed by atoms with Gasteiger partial charge in [-0.3, -0.25) is 9.36 Å². The third kappa shape index (κ3) is 5.90. The number of pyridine rings is 1. The van der Waals surface area contributed by atoms with Gasteiger partial charge in [0.2, 0.25) is 5.95 Å². The number of hydrogen-bond acceptors (Lipinski definition) is 7. The standard InChI is InChI=1S/C26H32N4O4S/c1-4-6-19-17-27-26(28-18-19)29-13-11-22(12-14-29)34-23-15-20(5-2)30(25(31)16-23)21-7-9-24(10-8-21)35(3,32)33/h7-10,15-18,22H,4-6,11-14H2,1-3H3. The molecule has 0 N–H and O–H groups in total. The van der Waals surface area contributed by atoms with E-state index in [0.29, 0.717) is 17.9 Å². The van der Waals surface area contributed by atoms with Crippen molar-refractivity contribution in [1.82, 2.24) is 14.5 Å². The predicted octanol–water partition coefficient (Wildman–Crippen LogP) is 3.59. The van der Waals surface area contributed by atoms with E-state index in [1.165, 1.54) is 24.5 Å². The van der Waals surface area contributed by atoms with E-state index >= 15 is 0 Å². The van der Waals surface area contributed by atoms with Gasteiger partial charge in [0.1, 0.15) is 11.9 Å². The molecule has 8 nitrogen and oxygen atoms in total. The van der Waals surface area contributed by atoms with E-state index in [1.807, 2.05) is 25.4 Å². The second-order valence-electron chi connectivity index (χ2n) is 8.92. The Hall–Kier alpha value is -3.20. The lowest BCUT2D eigenvalue weighted by Gasteiger charge is -2.32. The second-order valence-corrected chi connectivity index (χ2v) is 10.9. The first-order valence-electron chi connectivity index (χ1n) is 12.1. The lowest BCUT2D eigenvalue weighted by Crippen LogP contribution is -2.39. The van der Waals surface area contributed by atoms with Crippen molar-refractivity contribution in [2.24, 2.45) is 0 Å². The average molecular weight is 497 g/mol. The summed E-state index contributed by atoms with van der Waals surface area (Å²) in [5.74, 6) is 1.32. The van der Waals surface area contributed by atoms with Crippen LogP contribution >= 0.6 is 0 Å². The molecule has 1 aliphatic heterocycles.